The highest BCUT2D eigenvalue weighted by molar-refractivity contribution is 5.99. The Morgan fingerprint density at radius 3 is 2.15 bits per heavy atom. The molecule has 204 valence electrons. The number of aryl methyl sites for hydroxylation is 1. The third-order valence-electron chi connectivity index (χ3n) is 6.72. The average Bonchev–Trinajstić information content (AvgIpc) is 3.03. The van der Waals surface area contributed by atoms with Crippen molar-refractivity contribution in [2.75, 3.05) is 13.7 Å². The summed E-state index contributed by atoms with van der Waals surface area (Å²) >= 11 is 0. The maximum absolute atomic E-state index is 13.2. The molecule has 0 unspecified atom stereocenters. The molecule has 0 aromatic heterocycles. The number of hydrogen-bond acceptors (Lipinski definition) is 5. The zero-order valence-electron chi connectivity index (χ0n) is 23.0. The van der Waals surface area contributed by atoms with Gasteiger partial charge in [0.05, 0.1) is 12.7 Å². The van der Waals surface area contributed by atoms with Crippen molar-refractivity contribution in [2.45, 2.75) is 13.5 Å². The topological polar surface area (TPSA) is 61.8 Å². The van der Waals surface area contributed by atoms with Crippen molar-refractivity contribution in [1.29, 1.82) is 0 Å². The third-order valence-corrected chi connectivity index (χ3v) is 6.72. The van der Waals surface area contributed by atoms with Crippen molar-refractivity contribution in [3.63, 3.8) is 0 Å². The van der Waals surface area contributed by atoms with Gasteiger partial charge in [0.1, 0.15) is 6.61 Å². The first-order valence-corrected chi connectivity index (χ1v) is 13.3. The zero-order chi connectivity index (χ0) is 28.6. The van der Waals surface area contributed by atoms with Gasteiger partial charge in [0.15, 0.2) is 23.9 Å². The Labute approximate surface area is 240 Å². The fraction of sp³-hybridized carbons (Fsp3) is 0.111. The lowest BCUT2D eigenvalue weighted by atomic mass is 9.99. The molecule has 0 saturated carbocycles. The summed E-state index contributed by atoms with van der Waals surface area (Å²) in [6.45, 7) is 2.20. The predicted octanol–water partition coefficient (Wildman–Crippen LogP) is 7.96. The van der Waals surface area contributed by atoms with Crippen molar-refractivity contribution in [3.05, 3.63) is 144 Å². The smallest absolute Gasteiger partial charge is 0.338 e. The van der Waals surface area contributed by atoms with Crippen LogP contribution in [0.15, 0.2) is 121 Å². The Bertz CT molecular complexity index is 1670. The van der Waals surface area contributed by atoms with Gasteiger partial charge < -0.3 is 14.2 Å². The molecule has 0 saturated heterocycles. The Morgan fingerprint density at radius 1 is 0.634 bits per heavy atom. The maximum atomic E-state index is 13.2. The Hall–Kier alpha value is -5.16. The number of methoxy groups -OCH3 is 1. The Balaban J connectivity index is 1.40. The molecule has 5 heteroatoms. The molecule has 5 rings (SSSR count). The van der Waals surface area contributed by atoms with Crippen molar-refractivity contribution in [1.82, 2.24) is 0 Å². The molecular formula is C36H30O5. The maximum Gasteiger partial charge on any atom is 0.338 e. The van der Waals surface area contributed by atoms with Crippen LogP contribution in [0.25, 0.3) is 22.3 Å². The second-order valence-electron chi connectivity index (χ2n) is 9.64. The van der Waals surface area contributed by atoms with Crippen LogP contribution in [-0.2, 0) is 11.3 Å². The standard InChI is InChI=1S/C36H30O5/c1-25-10-8-13-27(20-25)28-14-9-15-30(21-28)33(37)24-41-34-19-18-29(31-16-6-7-17-32(31)36(38)39-2)22-35(34)40-23-26-11-4-3-5-12-26/h3-22H,23-24H2,1-2H3. The van der Waals surface area contributed by atoms with Crippen LogP contribution < -0.4 is 9.47 Å². The third kappa shape index (κ3) is 6.71. The van der Waals surface area contributed by atoms with Gasteiger partial charge in [0.2, 0.25) is 0 Å². The Kier molecular flexibility index (Phi) is 8.55. The fourth-order valence-corrected chi connectivity index (χ4v) is 4.59. The van der Waals surface area contributed by atoms with Crippen LogP contribution in [-0.4, -0.2) is 25.5 Å². The lowest BCUT2D eigenvalue weighted by Gasteiger charge is -2.15. The molecule has 41 heavy (non-hydrogen) atoms. The molecule has 0 N–H and O–H groups in total. The van der Waals surface area contributed by atoms with E-state index >= 15 is 0 Å². The largest absolute Gasteiger partial charge is 0.485 e. The van der Waals surface area contributed by atoms with Crippen molar-refractivity contribution < 1.29 is 23.8 Å². The van der Waals surface area contributed by atoms with Crippen LogP contribution in [0.2, 0.25) is 0 Å². The molecule has 5 aromatic carbocycles. The van der Waals surface area contributed by atoms with Gasteiger partial charge in [-0.25, -0.2) is 4.79 Å². The quantitative estimate of drug-likeness (QED) is 0.132. The van der Waals surface area contributed by atoms with Crippen LogP contribution in [0, 0.1) is 6.92 Å². The minimum absolute atomic E-state index is 0.145. The van der Waals surface area contributed by atoms with E-state index in [1.807, 2.05) is 97.9 Å². The van der Waals surface area contributed by atoms with Gasteiger partial charge in [-0.05, 0) is 59.0 Å². The first-order chi connectivity index (χ1) is 20.0. The number of carbonyl (C=O) groups excluding carboxylic acids is 2. The van der Waals surface area contributed by atoms with E-state index in [1.54, 1.807) is 24.3 Å². The molecule has 0 fully saturated rings. The van der Waals surface area contributed by atoms with E-state index in [4.69, 9.17) is 14.2 Å². The molecule has 0 bridgehead atoms. The van der Waals surface area contributed by atoms with Gasteiger partial charge in [0.25, 0.3) is 0 Å². The molecule has 5 nitrogen and oxygen atoms in total. The van der Waals surface area contributed by atoms with Gasteiger partial charge in [-0.15, -0.1) is 0 Å². The van der Waals surface area contributed by atoms with E-state index in [-0.39, 0.29) is 12.4 Å². The van der Waals surface area contributed by atoms with E-state index in [0.717, 1.165) is 27.8 Å². The summed E-state index contributed by atoms with van der Waals surface area (Å²) in [5.41, 5.74) is 6.66. The predicted molar refractivity (Wildman–Crippen MR) is 160 cm³/mol. The summed E-state index contributed by atoms with van der Waals surface area (Å²) in [6, 6.07) is 38.2. The summed E-state index contributed by atoms with van der Waals surface area (Å²) in [6.07, 6.45) is 0. The Morgan fingerprint density at radius 2 is 1.37 bits per heavy atom. The average molecular weight is 543 g/mol. The molecule has 0 aliphatic rings. The summed E-state index contributed by atoms with van der Waals surface area (Å²) in [4.78, 5) is 25.6. The first kappa shape index (κ1) is 27.4. The van der Waals surface area contributed by atoms with Crippen LogP contribution in [0.4, 0.5) is 0 Å². The molecule has 0 atom stereocenters. The van der Waals surface area contributed by atoms with Crippen molar-refractivity contribution in [3.8, 4) is 33.8 Å². The number of Topliss-reactive ketones (excluding diaryl/α,β-unsaturated/α-hetero) is 1. The van der Waals surface area contributed by atoms with E-state index < -0.39 is 5.97 Å². The van der Waals surface area contributed by atoms with E-state index in [1.165, 1.54) is 7.11 Å². The van der Waals surface area contributed by atoms with Gasteiger partial charge in [0, 0.05) is 5.56 Å². The molecule has 0 aliphatic carbocycles. The molecule has 0 radical (unpaired) electrons. The second-order valence-corrected chi connectivity index (χ2v) is 9.64. The number of rotatable bonds is 10. The highest BCUT2D eigenvalue weighted by atomic mass is 16.5. The molecular weight excluding hydrogens is 512 g/mol. The van der Waals surface area contributed by atoms with Gasteiger partial charge >= 0.3 is 5.97 Å². The molecule has 0 amide bonds. The molecule has 0 heterocycles. The number of esters is 1. The lowest BCUT2D eigenvalue weighted by molar-refractivity contribution is 0.0601. The van der Waals surface area contributed by atoms with Gasteiger partial charge in [-0.1, -0.05) is 103 Å². The minimum Gasteiger partial charge on any atom is -0.485 e. The van der Waals surface area contributed by atoms with Crippen LogP contribution >= 0.6 is 0 Å². The van der Waals surface area contributed by atoms with E-state index in [2.05, 4.69) is 6.07 Å². The van der Waals surface area contributed by atoms with Gasteiger partial charge in [-0.3, -0.25) is 4.79 Å². The van der Waals surface area contributed by atoms with E-state index in [0.29, 0.717) is 34.8 Å². The first-order valence-electron chi connectivity index (χ1n) is 13.3. The number of benzene rings is 5. The SMILES string of the molecule is COC(=O)c1ccccc1-c1ccc(OCC(=O)c2cccc(-c3cccc(C)c3)c2)c(OCc2ccccc2)c1. The van der Waals surface area contributed by atoms with Crippen molar-refractivity contribution in [2.24, 2.45) is 0 Å². The second kappa shape index (κ2) is 12.8. The zero-order valence-corrected chi connectivity index (χ0v) is 23.0. The number of ether oxygens (including phenoxy) is 3. The normalized spacial score (nSPS) is 10.6. The summed E-state index contributed by atoms with van der Waals surface area (Å²) in [5.74, 6) is 0.329. The summed E-state index contributed by atoms with van der Waals surface area (Å²) in [7, 11) is 1.36. The molecule has 5 aromatic rings. The molecule has 0 spiro atoms. The van der Waals surface area contributed by atoms with Crippen LogP contribution in [0.3, 0.4) is 0 Å². The monoisotopic (exact) mass is 542 g/mol. The minimum atomic E-state index is -0.425. The van der Waals surface area contributed by atoms with Crippen molar-refractivity contribution >= 4 is 11.8 Å². The summed E-state index contributed by atoms with van der Waals surface area (Å²) in [5, 5.41) is 0. The highest BCUT2D eigenvalue weighted by Crippen LogP contribution is 2.35. The summed E-state index contributed by atoms with van der Waals surface area (Å²) < 4.78 is 17.2. The number of ketones is 1. The van der Waals surface area contributed by atoms with Crippen LogP contribution in [0.1, 0.15) is 31.8 Å². The van der Waals surface area contributed by atoms with E-state index in [9.17, 15) is 9.59 Å². The lowest BCUT2D eigenvalue weighted by Crippen LogP contribution is -2.12. The van der Waals surface area contributed by atoms with Gasteiger partial charge in [-0.2, -0.15) is 0 Å². The highest BCUT2D eigenvalue weighted by Gasteiger charge is 2.17. The fourth-order valence-electron chi connectivity index (χ4n) is 4.59. The number of carbonyl (C=O) groups is 2. The number of hydrogen-bond donors (Lipinski definition) is 0. The van der Waals surface area contributed by atoms with Crippen LogP contribution in [0.5, 0.6) is 11.5 Å². The molecule has 0 aliphatic heterocycles.